The van der Waals surface area contributed by atoms with E-state index < -0.39 is 0 Å². The van der Waals surface area contributed by atoms with E-state index in [1.165, 1.54) is 4.90 Å². The zero-order valence-corrected chi connectivity index (χ0v) is 14.3. The fourth-order valence-corrected chi connectivity index (χ4v) is 3.09. The molecule has 0 heterocycles. The molecule has 0 aromatic heterocycles. The van der Waals surface area contributed by atoms with E-state index in [1.54, 1.807) is 0 Å². The Morgan fingerprint density at radius 2 is 2.05 bits per heavy atom. The van der Waals surface area contributed by atoms with Crippen LogP contribution in [-0.2, 0) is 0 Å². The number of benzene rings is 1. The van der Waals surface area contributed by atoms with E-state index in [1.807, 2.05) is 17.8 Å². The van der Waals surface area contributed by atoms with E-state index in [-0.39, 0.29) is 12.0 Å². The van der Waals surface area contributed by atoms with Crippen LogP contribution in [0.2, 0.25) is 0 Å². The van der Waals surface area contributed by atoms with E-state index in [4.69, 9.17) is 0 Å². The smallest absolute Gasteiger partial charge is 0.191 e. The van der Waals surface area contributed by atoms with Crippen LogP contribution in [0.5, 0.6) is 0 Å². The van der Waals surface area contributed by atoms with Crippen molar-refractivity contribution in [1.29, 1.82) is 0 Å². The molecule has 1 aliphatic rings. The van der Waals surface area contributed by atoms with Gasteiger partial charge in [0.1, 0.15) is 0 Å². The Bertz CT molecular complexity index is 474. The van der Waals surface area contributed by atoms with Crippen LogP contribution >= 0.6 is 11.8 Å². The summed E-state index contributed by atoms with van der Waals surface area (Å²) in [4.78, 5) is 5.91. The van der Waals surface area contributed by atoms with Crippen molar-refractivity contribution in [3.63, 3.8) is 0 Å². The zero-order chi connectivity index (χ0) is 15.8. The summed E-state index contributed by atoms with van der Waals surface area (Å²) in [5.41, 5.74) is 0.0623. The van der Waals surface area contributed by atoms with Gasteiger partial charge in [0.25, 0.3) is 0 Å². The van der Waals surface area contributed by atoms with E-state index in [0.29, 0.717) is 11.8 Å². The standard InChI is InChI=1S/C17H27N3OS/c1-3-18-16(20-12-17(13-21)9-10-17)19-11-14(2)22-15-7-5-4-6-8-15/h4-8,14,21H,3,9-13H2,1-2H3,(H2,18,19,20). The van der Waals surface area contributed by atoms with Crippen molar-refractivity contribution in [2.24, 2.45) is 10.4 Å². The fraction of sp³-hybridized carbons (Fsp3) is 0.588. The van der Waals surface area contributed by atoms with Crippen LogP contribution < -0.4 is 10.6 Å². The summed E-state index contributed by atoms with van der Waals surface area (Å²) in [6, 6.07) is 10.4. The summed E-state index contributed by atoms with van der Waals surface area (Å²) < 4.78 is 0. The molecule has 1 aromatic rings. The SMILES string of the molecule is CCNC(=NCC1(CO)CC1)NCC(C)Sc1ccccc1. The highest BCUT2D eigenvalue weighted by Crippen LogP contribution is 2.45. The molecule has 1 aliphatic carbocycles. The molecule has 1 unspecified atom stereocenters. The van der Waals surface area contributed by atoms with Crippen molar-refractivity contribution in [3.8, 4) is 0 Å². The van der Waals surface area contributed by atoms with Gasteiger partial charge in [-0.2, -0.15) is 0 Å². The van der Waals surface area contributed by atoms with Gasteiger partial charge in [0, 0.05) is 28.6 Å². The minimum atomic E-state index is 0.0623. The van der Waals surface area contributed by atoms with E-state index >= 15 is 0 Å². The lowest BCUT2D eigenvalue weighted by Gasteiger charge is -2.17. The van der Waals surface area contributed by atoms with Crippen LogP contribution in [0.4, 0.5) is 0 Å². The maximum atomic E-state index is 9.37. The lowest BCUT2D eigenvalue weighted by atomic mass is 10.1. The van der Waals surface area contributed by atoms with Crippen LogP contribution in [0.15, 0.2) is 40.2 Å². The first kappa shape index (κ1) is 17.2. The van der Waals surface area contributed by atoms with Crippen molar-refractivity contribution in [2.75, 3.05) is 26.2 Å². The summed E-state index contributed by atoms with van der Waals surface area (Å²) >= 11 is 1.86. The number of aliphatic imine (C=N–C) groups is 1. The van der Waals surface area contributed by atoms with Gasteiger partial charge in [-0.25, -0.2) is 0 Å². The zero-order valence-electron chi connectivity index (χ0n) is 13.5. The van der Waals surface area contributed by atoms with Gasteiger partial charge in [-0.05, 0) is 31.9 Å². The van der Waals surface area contributed by atoms with Crippen LogP contribution in [-0.4, -0.2) is 42.6 Å². The van der Waals surface area contributed by atoms with Gasteiger partial charge in [0.15, 0.2) is 5.96 Å². The number of hydrogen-bond acceptors (Lipinski definition) is 3. The molecule has 0 spiro atoms. The molecule has 4 nitrogen and oxygen atoms in total. The Hall–Kier alpha value is -1.20. The van der Waals surface area contributed by atoms with Crippen molar-refractivity contribution >= 4 is 17.7 Å². The topological polar surface area (TPSA) is 56.7 Å². The summed E-state index contributed by atoms with van der Waals surface area (Å²) in [7, 11) is 0. The molecule has 1 fully saturated rings. The lowest BCUT2D eigenvalue weighted by molar-refractivity contribution is 0.217. The summed E-state index contributed by atoms with van der Waals surface area (Å²) in [5, 5.41) is 16.5. The van der Waals surface area contributed by atoms with Gasteiger partial charge < -0.3 is 15.7 Å². The molecule has 22 heavy (non-hydrogen) atoms. The Labute approximate surface area is 137 Å². The monoisotopic (exact) mass is 321 g/mol. The summed E-state index contributed by atoms with van der Waals surface area (Å²) in [6.45, 7) is 6.94. The van der Waals surface area contributed by atoms with Crippen LogP contribution in [0, 0.1) is 5.41 Å². The average molecular weight is 321 g/mol. The van der Waals surface area contributed by atoms with Crippen LogP contribution in [0.1, 0.15) is 26.7 Å². The predicted molar refractivity (Wildman–Crippen MR) is 94.5 cm³/mol. The normalized spacial score (nSPS) is 17.9. The van der Waals surface area contributed by atoms with Gasteiger partial charge in [-0.15, -0.1) is 11.8 Å². The fourth-order valence-electron chi connectivity index (χ4n) is 2.14. The Balaban J connectivity index is 1.79. The number of hydrogen-bond donors (Lipinski definition) is 3. The number of guanidine groups is 1. The maximum Gasteiger partial charge on any atom is 0.191 e. The average Bonchev–Trinajstić information content (AvgIpc) is 3.32. The first-order valence-corrected chi connectivity index (χ1v) is 8.90. The maximum absolute atomic E-state index is 9.37. The quantitative estimate of drug-likeness (QED) is 0.391. The first-order chi connectivity index (χ1) is 10.7. The molecule has 1 aromatic carbocycles. The molecule has 5 heteroatoms. The van der Waals surface area contributed by atoms with Gasteiger partial charge >= 0.3 is 0 Å². The Morgan fingerprint density at radius 1 is 1.32 bits per heavy atom. The minimum Gasteiger partial charge on any atom is -0.396 e. The molecule has 2 rings (SSSR count). The second-order valence-electron chi connectivity index (χ2n) is 5.98. The molecule has 1 atom stereocenters. The minimum absolute atomic E-state index is 0.0623. The number of aliphatic hydroxyl groups is 1. The summed E-state index contributed by atoms with van der Waals surface area (Å²) in [5.74, 6) is 0.850. The third-order valence-corrected chi connectivity index (χ3v) is 4.96. The highest BCUT2D eigenvalue weighted by Gasteiger charge is 2.41. The van der Waals surface area contributed by atoms with Crippen molar-refractivity contribution < 1.29 is 5.11 Å². The van der Waals surface area contributed by atoms with Crippen LogP contribution in [0.3, 0.4) is 0 Å². The third kappa shape index (κ3) is 5.54. The molecule has 0 radical (unpaired) electrons. The molecular weight excluding hydrogens is 294 g/mol. The van der Waals surface area contributed by atoms with Crippen molar-refractivity contribution in [1.82, 2.24) is 10.6 Å². The highest BCUT2D eigenvalue weighted by atomic mass is 32.2. The third-order valence-electron chi connectivity index (χ3n) is 3.85. The molecular formula is C17H27N3OS. The van der Waals surface area contributed by atoms with Crippen molar-refractivity contribution in [2.45, 2.75) is 36.8 Å². The molecule has 3 N–H and O–H groups in total. The first-order valence-electron chi connectivity index (χ1n) is 8.02. The predicted octanol–water partition coefficient (Wildman–Crippen LogP) is 2.49. The second-order valence-corrected chi connectivity index (χ2v) is 7.49. The van der Waals surface area contributed by atoms with E-state index in [2.05, 4.69) is 53.7 Å². The van der Waals surface area contributed by atoms with Gasteiger partial charge in [0.05, 0.1) is 13.2 Å². The van der Waals surface area contributed by atoms with Crippen LogP contribution in [0.25, 0.3) is 0 Å². The molecule has 0 bridgehead atoms. The number of aliphatic hydroxyl groups excluding tert-OH is 1. The van der Waals surface area contributed by atoms with E-state index in [9.17, 15) is 5.11 Å². The highest BCUT2D eigenvalue weighted by molar-refractivity contribution is 8.00. The molecule has 0 amide bonds. The van der Waals surface area contributed by atoms with E-state index in [0.717, 1.165) is 31.9 Å². The lowest BCUT2D eigenvalue weighted by Crippen LogP contribution is -2.40. The van der Waals surface area contributed by atoms with Gasteiger partial charge in [-0.3, -0.25) is 4.99 Å². The number of rotatable bonds is 8. The molecule has 0 saturated heterocycles. The summed E-state index contributed by atoms with van der Waals surface area (Å²) in [6.07, 6.45) is 2.18. The van der Waals surface area contributed by atoms with Gasteiger partial charge in [0.2, 0.25) is 0 Å². The van der Waals surface area contributed by atoms with Gasteiger partial charge in [-0.1, -0.05) is 25.1 Å². The Morgan fingerprint density at radius 3 is 2.64 bits per heavy atom. The molecule has 1 saturated carbocycles. The number of thioether (sulfide) groups is 1. The second kappa shape index (κ2) is 8.44. The largest absolute Gasteiger partial charge is 0.396 e. The Kier molecular flexibility index (Phi) is 6.58. The number of nitrogens with one attached hydrogen (secondary N) is 2. The molecule has 122 valence electrons. The molecule has 0 aliphatic heterocycles. The number of nitrogens with zero attached hydrogens (tertiary/aromatic N) is 1. The van der Waals surface area contributed by atoms with Crippen molar-refractivity contribution in [3.05, 3.63) is 30.3 Å².